The Morgan fingerprint density at radius 1 is 1.60 bits per heavy atom. The van der Waals surface area contributed by atoms with Crippen molar-refractivity contribution in [1.82, 2.24) is 9.88 Å². The Hall–Kier alpha value is -1.30. The van der Waals surface area contributed by atoms with E-state index in [1.807, 2.05) is 0 Å². The van der Waals surface area contributed by atoms with E-state index in [2.05, 4.69) is 20.9 Å². The van der Waals surface area contributed by atoms with Gasteiger partial charge < -0.3 is 15.0 Å². The van der Waals surface area contributed by atoms with Crippen LogP contribution in [-0.4, -0.2) is 27.6 Å². The van der Waals surface area contributed by atoms with Gasteiger partial charge in [0.1, 0.15) is 0 Å². The molecule has 1 aromatic heterocycles. The fraction of sp³-hybridized carbons (Fsp3) is 0.333. The van der Waals surface area contributed by atoms with Crippen LogP contribution in [0.5, 0.6) is 0 Å². The minimum Gasteiger partial charge on any atom is -0.465 e. The maximum Gasteiger partial charge on any atom is 0.407 e. The Morgan fingerprint density at radius 2 is 2.33 bits per heavy atom. The fourth-order valence-corrected chi connectivity index (χ4v) is 2.01. The molecule has 5 nitrogen and oxygen atoms in total. The minimum absolute atomic E-state index is 0.221. The van der Waals surface area contributed by atoms with Gasteiger partial charge in [0.05, 0.1) is 11.0 Å². The van der Waals surface area contributed by atoms with Crippen LogP contribution in [0.1, 0.15) is 11.3 Å². The number of pyridine rings is 1. The van der Waals surface area contributed by atoms with Crippen molar-refractivity contribution in [2.75, 3.05) is 6.54 Å². The molecule has 2 heterocycles. The number of carboxylic acid groups (broad SMARTS) is 1. The first-order chi connectivity index (χ1) is 7.08. The monoisotopic (exact) mass is 272 g/mol. The Morgan fingerprint density at radius 3 is 3.00 bits per heavy atom. The Kier molecular flexibility index (Phi) is 2.52. The smallest absolute Gasteiger partial charge is 0.407 e. The highest BCUT2D eigenvalue weighted by atomic mass is 79.9. The van der Waals surface area contributed by atoms with Crippen molar-refractivity contribution in [2.45, 2.75) is 13.0 Å². The van der Waals surface area contributed by atoms with Gasteiger partial charge in [-0.05, 0) is 34.0 Å². The number of aromatic amines is 1. The zero-order valence-electron chi connectivity index (χ0n) is 7.79. The van der Waals surface area contributed by atoms with Gasteiger partial charge in [-0.15, -0.1) is 0 Å². The van der Waals surface area contributed by atoms with E-state index < -0.39 is 6.09 Å². The van der Waals surface area contributed by atoms with Gasteiger partial charge >= 0.3 is 6.09 Å². The summed E-state index contributed by atoms with van der Waals surface area (Å²) >= 11 is 3.14. The molecule has 0 spiro atoms. The van der Waals surface area contributed by atoms with E-state index in [0.29, 0.717) is 23.1 Å². The van der Waals surface area contributed by atoms with E-state index in [-0.39, 0.29) is 12.1 Å². The molecule has 1 aromatic rings. The minimum atomic E-state index is -0.954. The van der Waals surface area contributed by atoms with Gasteiger partial charge in [0.25, 0.3) is 5.56 Å². The number of nitrogens with one attached hydrogen (secondary N) is 1. The third-order valence-corrected chi connectivity index (χ3v) is 3.03. The summed E-state index contributed by atoms with van der Waals surface area (Å²) in [7, 11) is 0. The largest absolute Gasteiger partial charge is 0.465 e. The molecule has 1 aliphatic rings. The molecule has 0 fully saturated rings. The molecule has 0 aliphatic carbocycles. The third kappa shape index (κ3) is 1.90. The zero-order chi connectivity index (χ0) is 11.0. The molecule has 0 atom stereocenters. The highest BCUT2D eigenvalue weighted by molar-refractivity contribution is 9.10. The summed E-state index contributed by atoms with van der Waals surface area (Å²) in [5, 5.41) is 8.81. The van der Waals surface area contributed by atoms with Gasteiger partial charge in [0.15, 0.2) is 0 Å². The normalized spacial score (nSPS) is 14.9. The van der Waals surface area contributed by atoms with E-state index in [0.717, 1.165) is 5.56 Å². The predicted molar refractivity (Wildman–Crippen MR) is 56.9 cm³/mol. The molecule has 0 unspecified atom stereocenters. The summed E-state index contributed by atoms with van der Waals surface area (Å²) in [4.78, 5) is 26.0. The van der Waals surface area contributed by atoms with Crippen molar-refractivity contribution in [3.8, 4) is 0 Å². The molecule has 0 radical (unpaired) electrons. The van der Waals surface area contributed by atoms with Crippen LogP contribution in [0.3, 0.4) is 0 Å². The van der Waals surface area contributed by atoms with Crippen LogP contribution in [0.4, 0.5) is 4.79 Å². The predicted octanol–water partition coefficient (Wildman–Crippen LogP) is 1.17. The van der Waals surface area contributed by atoms with Gasteiger partial charge in [0, 0.05) is 12.2 Å². The lowest BCUT2D eigenvalue weighted by Crippen LogP contribution is -2.36. The number of H-pyrrole nitrogens is 1. The van der Waals surface area contributed by atoms with Crippen LogP contribution in [0.25, 0.3) is 0 Å². The molecule has 1 aliphatic heterocycles. The second kappa shape index (κ2) is 3.69. The number of carbonyl (C=O) groups is 1. The average Bonchev–Trinajstić information content (AvgIpc) is 2.19. The molecule has 80 valence electrons. The number of rotatable bonds is 0. The molecule has 2 N–H and O–H groups in total. The molecule has 6 heteroatoms. The van der Waals surface area contributed by atoms with Gasteiger partial charge in [-0.2, -0.15) is 0 Å². The lowest BCUT2D eigenvalue weighted by atomic mass is 10.1. The van der Waals surface area contributed by atoms with Crippen molar-refractivity contribution in [2.24, 2.45) is 0 Å². The number of hydrogen-bond donors (Lipinski definition) is 2. The summed E-state index contributed by atoms with van der Waals surface area (Å²) in [5.74, 6) is 0. The fourth-order valence-electron chi connectivity index (χ4n) is 1.64. The van der Waals surface area contributed by atoms with E-state index in [4.69, 9.17) is 5.11 Å². The summed E-state index contributed by atoms with van der Waals surface area (Å²) < 4.78 is 0.491. The summed E-state index contributed by atoms with van der Waals surface area (Å²) in [5.41, 5.74) is 1.47. The summed E-state index contributed by atoms with van der Waals surface area (Å²) in [6, 6.07) is 1.76. The standard InChI is InChI=1S/C9H9BrN2O3/c10-6-3-5-1-2-12(9(14)15)4-7(5)11-8(6)13/h3H,1-2,4H2,(H,11,13)(H,14,15). The molecule has 15 heavy (non-hydrogen) atoms. The zero-order valence-corrected chi connectivity index (χ0v) is 9.37. The van der Waals surface area contributed by atoms with Crippen molar-refractivity contribution in [3.63, 3.8) is 0 Å². The number of hydrogen-bond acceptors (Lipinski definition) is 2. The Bertz CT molecular complexity index is 469. The first-order valence-electron chi connectivity index (χ1n) is 4.46. The van der Waals surface area contributed by atoms with Crippen LogP contribution >= 0.6 is 15.9 Å². The van der Waals surface area contributed by atoms with Gasteiger partial charge in [-0.1, -0.05) is 0 Å². The van der Waals surface area contributed by atoms with Crippen molar-refractivity contribution in [3.05, 3.63) is 32.2 Å². The SMILES string of the molecule is O=C(O)N1CCc2cc(Br)c(=O)[nH]c2C1. The third-order valence-electron chi connectivity index (χ3n) is 2.44. The summed E-state index contributed by atoms with van der Waals surface area (Å²) in [6.07, 6.45) is -0.318. The number of nitrogens with zero attached hydrogens (tertiary/aromatic N) is 1. The van der Waals surface area contributed by atoms with Crippen molar-refractivity contribution < 1.29 is 9.90 Å². The van der Waals surface area contributed by atoms with Crippen molar-refractivity contribution in [1.29, 1.82) is 0 Å². The molecule has 1 amide bonds. The average molecular weight is 273 g/mol. The van der Waals surface area contributed by atoms with E-state index in [1.165, 1.54) is 4.90 Å². The molecule has 0 aromatic carbocycles. The van der Waals surface area contributed by atoms with E-state index in [9.17, 15) is 9.59 Å². The molecular formula is C9H9BrN2O3. The quantitative estimate of drug-likeness (QED) is 0.745. The second-order valence-corrected chi connectivity index (χ2v) is 4.26. The number of halogens is 1. The molecule has 0 saturated heterocycles. The lowest BCUT2D eigenvalue weighted by molar-refractivity contribution is 0.139. The van der Waals surface area contributed by atoms with Crippen LogP contribution in [-0.2, 0) is 13.0 Å². The van der Waals surface area contributed by atoms with Crippen LogP contribution < -0.4 is 5.56 Å². The maximum atomic E-state index is 11.3. The molecule has 0 saturated carbocycles. The van der Waals surface area contributed by atoms with Crippen LogP contribution in [0, 0.1) is 0 Å². The second-order valence-electron chi connectivity index (χ2n) is 3.40. The first kappa shape index (κ1) is 10.2. The molecule has 2 rings (SSSR count). The number of fused-ring (bicyclic) bond motifs is 1. The van der Waals surface area contributed by atoms with Gasteiger partial charge in [-0.3, -0.25) is 4.79 Å². The van der Waals surface area contributed by atoms with Crippen LogP contribution in [0.15, 0.2) is 15.3 Å². The molecule has 0 bridgehead atoms. The number of aromatic nitrogens is 1. The number of amides is 1. The first-order valence-corrected chi connectivity index (χ1v) is 5.25. The van der Waals surface area contributed by atoms with Gasteiger partial charge in [0.2, 0.25) is 0 Å². The maximum absolute atomic E-state index is 11.3. The summed E-state index contributed by atoms with van der Waals surface area (Å²) in [6.45, 7) is 0.730. The molecular weight excluding hydrogens is 264 g/mol. The van der Waals surface area contributed by atoms with E-state index in [1.54, 1.807) is 6.07 Å². The lowest BCUT2D eigenvalue weighted by Gasteiger charge is -2.25. The van der Waals surface area contributed by atoms with E-state index >= 15 is 0 Å². The van der Waals surface area contributed by atoms with Crippen molar-refractivity contribution >= 4 is 22.0 Å². The topological polar surface area (TPSA) is 73.4 Å². The highest BCUT2D eigenvalue weighted by Crippen LogP contribution is 2.18. The Balaban J connectivity index is 2.38. The highest BCUT2D eigenvalue weighted by Gasteiger charge is 2.21. The van der Waals surface area contributed by atoms with Gasteiger partial charge in [-0.25, -0.2) is 4.79 Å². The Labute approximate surface area is 93.8 Å². The van der Waals surface area contributed by atoms with Crippen LogP contribution in [0.2, 0.25) is 0 Å².